The number of rotatable bonds is 47. The van der Waals surface area contributed by atoms with Crippen molar-refractivity contribution in [2.75, 3.05) is 13.2 Å². The molecule has 0 rings (SSSR count). The van der Waals surface area contributed by atoms with Crippen LogP contribution in [0.1, 0.15) is 258 Å². The van der Waals surface area contributed by atoms with Gasteiger partial charge in [0.1, 0.15) is 13.2 Å². The molecule has 0 aromatic carbocycles. The second kappa shape index (κ2) is 50.8. The number of hydrogen-bond donors (Lipinski definition) is 0. The standard InChI is InChI=1S/C56H98O6/c1-4-7-10-13-16-18-20-22-24-26-28-30-32-34-36-38-40-43-46-49-55(58)61-52-53(51-60-54(57)48-45-42-15-12-9-6-3)62-56(59)50-47-44-41-39-37-35-33-31-29-27-25-23-21-19-17-14-11-8-5-2/h7,10,16,18,22-25,28,30,53H,4-6,8-9,11-15,17,19-21,26-27,29,31-52H2,1-3H3/b10-7-,18-16-,24-22-,25-23-,30-28-. The summed E-state index contributed by atoms with van der Waals surface area (Å²) < 4.78 is 16.7. The third kappa shape index (κ3) is 48.1. The van der Waals surface area contributed by atoms with Crippen molar-refractivity contribution in [3.05, 3.63) is 60.8 Å². The zero-order chi connectivity index (χ0) is 45.1. The van der Waals surface area contributed by atoms with Gasteiger partial charge in [0.15, 0.2) is 6.10 Å². The lowest BCUT2D eigenvalue weighted by Gasteiger charge is -2.18. The molecule has 1 unspecified atom stereocenters. The van der Waals surface area contributed by atoms with E-state index in [9.17, 15) is 14.4 Å². The highest BCUT2D eigenvalue weighted by molar-refractivity contribution is 5.71. The highest BCUT2D eigenvalue weighted by atomic mass is 16.6. The van der Waals surface area contributed by atoms with Gasteiger partial charge in [-0.25, -0.2) is 0 Å². The van der Waals surface area contributed by atoms with Crippen LogP contribution in [0.25, 0.3) is 0 Å². The molecule has 0 heterocycles. The van der Waals surface area contributed by atoms with Crippen LogP contribution in [0.15, 0.2) is 60.8 Å². The molecule has 0 amide bonds. The van der Waals surface area contributed by atoms with Crippen molar-refractivity contribution >= 4 is 17.9 Å². The minimum absolute atomic E-state index is 0.0793. The maximum absolute atomic E-state index is 12.8. The van der Waals surface area contributed by atoms with E-state index in [1.54, 1.807) is 0 Å². The Balaban J connectivity index is 4.22. The van der Waals surface area contributed by atoms with E-state index in [2.05, 4.69) is 81.5 Å². The molecule has 0 saturated carbocycles. The normalized spacial score (nSPS) is 12.5. The molecule has 0 saturated heterocycles. The third-order valence-corrected chi connectivity index (χ3v) is 11.3. The number of esters is 3. The summed E-state index contributed by atoms with van der Waals surface area (Å²) in [5.74, 6) is -0.901. The van der Waals surface area contributed by atoms with Gasteiger partial charge in [0, 0.05) is 19.3 Å². The number of carbonyl (C=O) groups is 3. The van der Waals surface area contributed by atoms with Crippen LogP contribution >= 0.6 is 0 Å². The molecule has 0 N–H and O–H groups in total. The quantitative estimate of drug-likeness (QED) is 0.0262. The lowest BCUT2D eigenvalue weighted by molar-refractivity contribution is -0.167. The van der Waals surface area contributed by atoms with Crippen LogP contribution in [-0.4, -0.2) is 37.2 Å². The van der Waals surface area contributed by atoms with Gasteiger partial charge < -0.3 is 14.2 Å². The summed E-state index contributed by atoms with van der Waals surface area (Å²) in [5.41, 5.74) is 0. The molecular formula is C56H98O6. The zero-order valence-corrected chi connectivity index (χ0v) is 40.9. The average molecular weight is 867 g/mol. The van der Waals surface area contributed by atoms with Gasteiger partial charge in [0.05, 0.1) is 0 Å². The van der Waals surface area contributed by atoms with Crippen LogP contribution in [0.2, 0.25) is 0 Å². The molecular weight excluding hydrogens is 769 g/mol. The Morgan fingerprint density at radius 1 is 0.339 bits per heavy atom. The van der Waals surface area contributed by atoms with E-state index in [0.717, 1.165) is 89.9 Å². The second-order valence-electron chi connectivity index (χ2n) is 17.4. The van der Waals surface area contributed by atoms with Crippen molar-refractivity contribution in [3.8, 4) is 0 Å². The molecule has 1 atom stereocenters. The number of hydrogen-bond acceptors (Lipinski definition) is 6. The van der Waals surface area contributed by atoms with E-state index in [1.807, 2.05) is 0 Å². The maximum atomic E-state index is 12.8. The first-order valence-corrected chi connectivity index (χ1v) is 26.3. The average Bonchev–Trinajstić information content (AvgIpc) is 3.27. The number of allylic oxidation sites excluding steroid dienone is 10. The minimum Gasteiger partial charge on any atom is -0.462 e. The van der Waals surface area contributed by atoms with Crippen LogP contribution < -0.4 is 0 Å². The molecule has 358 valence electrons. The molecule has 0 aliphatic heterocycles. The van der Waals surface area contributed by atoms with Crippen LogP contribution in [0.3, 0.4) is 0 Å². The number of ether oxygens (including phenoxy) is 3. The fraction of sp³-hybridized carbons (Fsp3) is 0.768. The molecule has 0 bridgehead atoms. The number of carbonyl (C=O) groups excluding carboxylic acids is 3. The van der Waals surface area contributed by atoms with Gasteiger partial charge in [0.2, 0.25) is 0 Å². The molecule has 6 heteroatoms. The lowest BCUT2D eigenvalue weighted by atomic mass is 10.1. The Hall–Kier alpha value is -2.89. The van der Waals surface area contributed by atoms with Crippen molar-refractivity contribution in [1.29, 1.82) is 0 Å². The zero-order valence-electron chi connectivity index (χ0n) is 40.9. The summed E-state index contributed by atoms with van der Waals surface area (Å²) in [6.07, 6.45) is 62.3. The Labute approximate surface area is 383 Å². The highest BCUT2D eigenvalue weighted by Gasteiger charge is 2.19. The summed E-state index contributed by atoms with van der Waals surface area (Å²) in [6.45, 7) is 6.46. The molecule has 6 nitrogen and oxygen atoms in total. The van der Waals surface area contributed by atoms with E-state index in [-0.39, 0.29) is 31.1 Å². The summed E-state index contributed by atoms with van der Waals surface area (Å²) in [6, 6.07) is 0. The van der Waals surface area contributed by atoms with Crippen molar-refractivity contribution in [2.24, 2.45) is 0 Å². The van der Waals surface area contributed by atoms with Gasteiger partial charge >= 0.3 is 17.9 Å². The van der Waals surface area contributed by atoms with Gasteiger partial charge in [-0.1, -0.05) is 216 Å². The summed E-state index contributed by atoms with van der Waals surface area (Å²) in [5, 5.41) is 0. The topological polar surface area (TPSA) is 78.9 Å². The van der Waals surface area contributed by atoms with Gasteiger partial charge in [-0.3, -0.25) is 14.4 Å². The predicted octanol–water partition coefficient (Wildman–Crippen LogP) is 17.3. The minimum atomic E-state index is -0.777. The van der Waals surface area contributed by atoms with E-state index < -0.39 is 6.10 Å². The number of unbranched alkanes of at least 4 members (excludes halogenated alkanes) is 26. The Morgan fingerprint density at radius 2 is 0.629 bits per heavy atom. The Bertz CT molecular complexity index is 1130. The van der Waals surface area contributed by atoms with Crippen LogP contribution in [-0.2, 0) is 28.6 Å². The van der Waals surface area contributed by atoms with Crippen LogP contribution in [0, 0.1) is 0 Å². The fourth-order valence-corrected chi connectivity index (χ4v) is 7.31. The smallest absolute Gasteiger partial charge is 0.306 e. The molecule has 0 aromatic heterocycles. The second-order valence-corrected chi connectivity index (χ2v) is 17.4. The van der Waals surface area contributed by atoms with Crippen LogP contribution in [0.5, 0.6) is 0 Å². The summed E-state index contributed by atoms with van der Waals surface area (Å²) in [7, 11) is 0. The van der Waals surface area contributed by atoms with Crippen molar-refractivity contribution < 1.29 is 28.6 Å². The monoisotopic (exact) mass is 867 g/mol. The first kappa shape index (κ1) is 59.1. The molecule has 0 spiro atoms. The van der Waals surface area contributed by atoms with Gasteiger partial charge in [0.25, 0.3) is 0 Å². The van der Waals surface area contributed by atoms with Crippen molar-refractivity contribution in [2.45, 2.75) is 264 Å². The summed E-state index contributed by atoms with van der Waals surface area (Å²) in [4.78, 5) is 37.8. The van der Waals surface area contributed by atoms with Crippen molar-refractivity contribution in [3.63, 3.8) is 0 Å². The van der Waals surface area contributed by atoms with E-state index in [1.165, 1.54) is 128 Å². The molecule has 0 fully saturated rings. The SMILES string of the molecule is CC/C=C\C/C=C\C/C=C\C/C=C\CCCCCCCCC(=O)OCC(COC(=O)CCCCCCCC)OC(=O)CCCCCCCCCCC/C=C\CCCCCCCC. The van der Waals surface area contributed by atoms with Crippen molar-refractivity contribution in [1.82, 2.24) is 0 Å². The highest BCUT2D eigenvalue weighted by Crippen LogP contribution is 2.15. The largest absolute Gasteiger partial charge is 0.462 e. The van der Waals surface area contributed by atoms with Gasteiger partial charge in [-0.15, -0.1) is 0 Å². The fourth-order valence-electron chi connectivity index (χ4n) is 7.31. The maximum Gasteiger partial charge on any atom is 0.306 e. The van der Waals surface area contributed by atoms with Gasteiger partial charge in [-0.05, 0) is 83.5 Å². The first-order chi connectivity index (χ1) is 30.5. The first-order valence-electron chi connectivity index (χ1n) is 26.3. The molecule has 0 aliphatic rings. The Morgan fingerprint density at radius 3 is 1.00 bits per heavy atom. The van der Waals surface area contributed by atoms with Gasteiger partial charge in [-0.2, -0.15) is 0 Å². The van der Waals surface area contributed by atoms with Crippen LogP contribution in [0.4, 0.5) is 0 Å². The molecule has 0 radical (unpaired) electrons. The molecule has 0 aromatic rings. The Kier molecular flexibility index (Phi) is 48.4. The summed E-state index contributed by atoms with van der Waals surface area (Å²) >= 11 is 0. The molecule has 0 aliphatic carbocycles. The predicted molar refractivity (Wildman–Crippen MR) is 265 cm³/mol. The lowest BCUT2D eigenvalue weighted by Crippen LogP contribution is -2.30. The van der Waals surface area contributed by atoms with E-state index in [4.69, 9.17) is 14.2 Å². The van der Waals surface area contributed by atoms with E-state index >= 15 is 0 Å². The van der Waals surface area contributed by atoms with E-state index in [0.29, 0.717) is 19.3 Å². The molecule has 62 heavy (non-hydrogen) atoms. The third-order valence-electron chi connectivity index (χ3n) is 11.3.